The number of carboxylic acid groups (broad SMARTS) is 1. The number of ether oxygens (including phenoxy) is 1. The molecule has 0 spiro atoms. The number of hydrogen-bond donors (Lipinski definition) is 2. The van der Waals surface area contributed by atoms with Crippen LogP contribution in [-0.2, 0) is 14.3 Å². The first-order chi connectivity index (χ1) is 8.58. The van der Waals surface area contributed by atoms with Crippen LogP contribution in [0.25, 0.3) is 0 Å². The van der Waals surface area contributed by atoms with Gasteiger partial charge in [0.15, 0.2) is 0 Å². The van der Waals surface area contributed by atoms with Gasteiger partial charge in [0.05, 0.1) is 6.10 Å². The quantitative estimate of drug-likeness (QED) is 0.725. The first-order valence-electron chi connectivity index (χ1n) is 6.67. The van der Waals surface area contributed by atoms with E-state index in [1.54, 1.807) is 0 Å². The number of fused-ring (bicyclic) bond motifs is 1. The highest BCUT2D eigenvalue weighted by molar-refractivity contribution is 5.71. The average molecular weight is 256 g/mol. The highest BCUT2D eigenvalue weighted by Gasteiger charge is 2.45. The number of aliphatic carboxylic acids is 1. The van der Waals surface area contributed by atoms with E-state index >= 15 is 0 Å². The molecule has 18 heavy (non-hydrogen) atoms. The highest BCUT2D eigenvalue weighted by Crippen LogP contribution is 2.45. The van der Waals surface area contributed by atoms with E-state index in [0.29, 0.717) is 18.3 Å². The molecule has 0 aromatic heterocycles. The van der Waals surface area contributed by atoms with Crippen molar-refractivity contribution in [2.75, 3.05) is 0 Å². The van der Waals surface area contributed by atoms with Crippen LogP contribution < -0.4 is 0 Å². The molecule has 0 aliphatic heterocycles. The SMILES string of the molecule is O=C(O)CCCC(=O)O[C@@H]1CC[C@H]2[C@@H]1CC[C@H]2O. The Hall–Kier alpha value is -1.10. The average Bonchev–Trinajstić information content (AvgIpc) is 2.83. The number of esters is 1. The molecule has 0 heterocycles. The molecule has 0 radical (unpaired) electrons. The monoisotopic (exact) mass is 256 g/mol. The molecule has 2 fully saturated rings. The van der Waals surface area contributed by atoms with Gasteiger partial charge in [-0.15, -0.1) is 0 Å². The maximum absolute atomic E-state index is 11.6. The molecular weight excluding hydrogens is 236 g/mol. The molecule has 0 unspecified atom stereocenters. The second-order valence-electron chi connectivity index (χ2n) is 5.33. The normalized spacial score (nSPS) is 34.3. The summed E-state index contributed by atoms with van der Waals surface area (Å²) in [6.07, 6.45) is 3.71. The molecule has 2 N–H and O–H groups in total. The van der Waals surface area contributed by atoms with Crippen molar-refractivity contribution < 1.29 is 24.5 Å². The predicted molar refractivity (Wildman–Crippen MR) is 62.8 cm³/mol. The fourth-order valence-electron chi connectivity index (χ4n) is 3.27. The van der Waals surface area contributed by atoms with Gasteiger partial charge in [0, 0.05) is 18.8 Å². The Balaban J connectivity index is 1.73. The summed E-state index contributed by atoms with van der Waals surface area (Å²) in [6, 6.07) is 0. The standard InChI is InChI=1S/C13H20O5/c14-10-6-4-9-8(10)5-7-11(9)18-13(17)3-1-2-12(15)16/h8-11,14H,1-7H2,(H,15,16)/t8-,9-,10+,11+/m0/s1. The molecular formula is C13H20O5. The number of aliphatic hydroxyl groups excluding tert-OH is 1. The van der Waals surface area contributed by atoms with E-state index < -0.39 is 5.97 Å². The van der Waals surface area contributed by atoms with Crippen LogP contribution in [0.4, 0.5) is 0 Å². The van der Waals surface area contributed by atoms with Gasteiger partial charge in [-0.05, 0) is 38.0 Å². The minimum absolute atomic E-state index is 0.00450. The number of carboxylic acids is 1. The molecule has 0 aromatic carbocycles. The Labute approximate surface area is 106 Å². The van der Waals surface area contributed by atoms with Gasteiger partial charge in [0.1, 0.15) is 6.10 Å². The molecule has 0 saturated heterocycles. The highest BCUT2D eigenvalue weighted by atomic mass is 16.5. The fraction of sp³-hybridized carbons (Fsp3) is 0.846. The Morgan fingerprint density at radius 1 is 1.06 bits per heavy atom. The van der Waals surface area contributed by atoms with Gasteiger partial charge in [-0.25, -0.2) is 0 Å². The molecule has 5 nitrogen and oxygen atoms in total. The topological polar surface area (TPSA) is 83.8 Å². The third kappa shape index (κ3) is 3.02. The first-order valence-corrected chi connectivity index (χ1v) is 6.67. The molecule has 2 aliphatic carbocycles. The number of rotatable bonds is 5. The Morgan fingerprint density at radius 3 is 2.50 bits per heavy atom. The molecule has 2 aliphatic rings. The summed E-state index contributed by atoms with van der Waals surface area (Å²) in [5, 5.41) is 18.2. The molecule has 0 bridgehead atoms. The summed E-state index contributed by atoms with van der Waals surface area (Å²) in [4.78, 5) is 21.9. The second-order valence-corrected chi connectivity index (χ2v) is 5.33. The van der Waals surface area contributed by atoms with Crippen molar-refractivity contribution in [3.63, 3.8) is 0 Å². The van der Waals surface area contributed by atoms with Crippen molar-refractivity contribution in [2.24, 2.45) is 11.8 Å². The molecule has 2 rings (SSSR count). The summed E-state index contributed by atoms with van der Waals surface area (Å²) < 4.78 is 5.41. The van der Waals surface area contributed by atoms with Gasteiger partial charge in [-0.3, -0.25) is 9.59 Å². The van der Waals surface area contributed by atoms with Gasteiger partial charge >= 0.3 is 11.9 Å². The van der Waals surface area contributed by atoms with Crippen molar-refractivity contribution in [1.29, 1.82) is 0 Å². The lowest BCUT2D eigenvalue weighted by atomic mass is 9.98. The van der Waals surface area contributed by atoms with E-state index in [0.717, 1.165) is 25.7 Å². The van der Waals surface area contributed by atoms with Gasteiger partial charge in [0.25, 0.3) is 0 Å². The molecule has 0 amide bonds. The zero-order valence-corrected chi connectivity index (χ0v) is 10.4. The minimum atomic E-state index is -0.886. The van der Waals surface area contributed by atoms with Gasteiger partial charge < -0.3 is 14.9 Å². The van der Waals surface area contributed by atoms with Gasteiger partial charge in [-0.1, -0.05) is 0 Å². The van der Waals surface area contributed by atoms with E-state index in [4.69, 9.17) is 9.84 Å². The van der Waals surface area contributed by atoms with Crippen molar-refractivity contribution in [3.05, 3.63) is 0 Å². The van der Waals surface area contributed by atoms with E-state index in [2.05, 4.69) is 0 Å². The molecule has 4 atom stereocenters. The first kappa shape index (κ1) is 13.3. The predicted octanol–water partition coefficient (Wildman–Crippen LogP) is 1.33. The van der Waals surface area contributed by atoms with E-state index in [-0.39, 0.29) is 31.0 Å². The van der Waals surface area contributed by atoms with Crippen LogP contribution >= 0.6 is 0 Å². The van der Waals surface area contributed by atoms with Crippen LogP contribution in [0.3, 0.4) is 0 Å². The third-order valence-electron chi connectivity index (χ3n) is 4.16. The number of aliphatic hydroxyl groups is 1. The zero-order chi connectivity index (χ0) is 13.1. The maximum atomic E-state index is 11.6. The van der Waals surface area contributed by atoms with Crippen LogP contribution in [-0.4, -0.2) is 34.4 Å². The van der Waals surface area contributed by atoms with E-state index in [1.165, 1.54) is 0 Å². The summed E-state index contributed by atoms with van der Waals surface area (Å²) >= 11 is 0. The van der Waals surface area contributed by atoms with Gasteiger partial charge in [0.2, 0.25) is 0 Å². The van der Waals surface area contributed by atoms with Crippen molar-refractivity contribution in [2.45, 2.75) is 57.2 Å². The van der Waals surface area contributed by atoms with Crippen molar-refractivity contribution in [1.82, 2.24) is 0 Å². The van der Waals surface area contributed by atoms with Crippen LogP contribution in [0, 0.1) is 11.8 Å². The Morgan fingerprint density at radius 2 is 1.78 bits per heavy atom. The molecule has 102 valence electrons. The fourth-order valence-corrected chi connectivity index (χ4v) is 3.27. The third-order valence-corrected chi connectivity index (χ3v) is 4.16. The lowest BCUT2D eigenvalue weighted by Crippen LogP contribution is -2.24. The largest absolute Gasteiger partial charge is 0.481 e. The second kappa shape index (κ2) is 5.69. The lowest BCUT2D eigenvalue weighted by molar-refractivity contribution is -0.151. The van der Waals surface area contributed by atoms with Crippen LogP contribution in [0.15, 0.2) is 0 Å². The lowest BCUT2D eigenvalue weighted by Gasteiger charge is -2.19. The van der Waals surface area contributed by atoms with Crippen LogP contribution in [0.1, 0.15) is 44.9 Å². The minimum Gasteiger partial charge on any atom is -0.481 e. The number of carbonyl (C=O) groups is 2. The number of carbonyl (C=O) groups excluding carboxylic acids is 1. The maximum Gasteiger partial charge on any atom is 0.306 e. The summed E-state index contributed by atoms with van der Waals surface area (Å²) in [7, 11) is 0. The van der Waals surface area contributed by atoms with Crippen molar-refractivity contribution >= 4 is 11.9 Å². The smallest absolute Gasteiger partial charge is 0.306 e. The van der Waals surface area contributed by atoms with Crippen LogP contribution in [0.5, 0.6) is 0 Å². The summed E-state index contributed by atoms with van der Waals surface area (Å²) in [6.45, 7) is 0. The summed E-state index contributed by atoms with van der Waals surface area (Å²) in [5.74, 6) is -0.587. The van der Waals surface area contributed by atoms with Crippen LogP contribution in [0.2, 0.25) is 0 Å². The van der Waals surface area contributed by atoms with E-state index in [1.807, 2.05) is 0 Å². The number of hydrogen-bond acceptors (Lipinski definition) is 4. The Bertz CT molecular complexity index is 327. The van der Waals surface area contributed by atoms with E-state index in [9.17, 15) is 14.7 Å². The zero-order valence-electron chi connectivity index (χ0n) is 10.4. The molecule has 2 saturated carbocycles. The van der Waals surface area contributed by atoms with Crippen molar-refractivity contribution in [3.8, 4) is 0 Å². The summed E-state index contributed by atoms with van der Waals surface area (Å²) in [5.41, 5.74) is 0. The molecule has 0 aromatic rings. The Kier molecular flexibility index (Phi) is 4.22. The molecule has 5 heteroatoms. The van der Waals surface area contributed by atoms with Gasteiger partial charge in [-0.2, -0.15) is 0 Å².